The number of hydrogen-bond acceptors (Lipinski definition) is 3. The van der Waals surface area contributed by atoms with Crippen molar-refractivity contribution in [1.82, 2.24) is 5.32 Å². The van der Waals surface area contributed by atoms with Gasteiger partial charge in [-0.05, 0) is 31.6 Å². The second-order valence-corrected chi connectivity index (χ2v) is 5.74. The Labute approximate surface area is 121 Å². The first-order valence-electron chi connectivity index (χ1n) is 7.64. The van der Waals surface area contributed by atoms with Crippen LogP contribution in [-0.2, 0) is 14.3 Å². The summed E-state index contributed by atoms with van der Waals surface area (Å²) in [5.41, 5.74) is 0. The van der Waals surface area contributed by atoms with E-state index in [9.17, 15) is 9.59 Å². The van der Waals surface area contributed by atoms with Gasteiger partial charge in [-0.15, -0.1) is 0 Å². The van der Waals surface area contributed by atoms with E-state index in [1.165, 1.54) is 0 Å². The zero-order chi connectivity index (χ0) is 15.0. The van der Waals surface area contributed by atoms with Crippen molar-refractivity contribution in [1.29, 1.82) is 0 Å². The highest BCUT2D eigenvalue weighted by Crippen LogP contribution is 2.36. The van der Waals surface area contributed by atoms with Crippen molar-refractivity contribution in [3.63, 3.8) is 0 Å². The number of ether oxygens (including phenoxy) is 1. The van der Waals surface area contributed by atoms with Crippen LogP contribution in [0.1, 0.15) is 46.0 Å². The minimum Gasteiger partial charge on any atom is -0.481 e. The molecule has 0 aromatic carbocycles. The zero-order valence-electron chi connectivity index (χ0n) is 12.6. The average molecular weight is 285 g/mol. The van der Waals surface area contributed by atoms with Crippen molar-refractivity contribution in [3.8, 4) is 0 Å². The molecule has 2 N–H and O–H groups in total. The normalized spacial score (nSPS) is 25.6. The molecule has 5 heteroatoms. The van der Waals surface area contributed by atoms with Crippen molar-refractivity contribution in [2.24, 2.45) is 17.8 Å². The van der Waals surface area contributed by atoms with E-state index in [4.69, 9.17) is 9.84 Å². The van der Waals surface area contributed by atoms with E-state index in [0.29, 0.717) is 31.9 Å². The van der Waals surface area contributed by atoms with E-state index < -0.39 is 11.9 Å². The van der Waals surface area contributed by atoms with E-state index in [1.54, 1.807) is 0 Å². The molecule has 0 radical (unpaired) electrons. The Bertz CT molecular complexity index is 319. The van der Waals surface area contributed by atoms with E-state index >= 15 is 0 Å². The smallest absolute Gasteiger partial charge is 0.307 e. The van der Waals surface area contributed by atoms with Gasteiger partial charge in [0.05, 0.1) is 11.8 Å². The van der Waals surface area contributed by atoms with Crippen molar-refractivity contribution >= 4 is 11.9 Å². The molecule has 1 saturated carbocycles. The van der Waals surface area contributed by atoms with Crippen LogP contribution in [0, 0.1) is 17.8 Å². The molecule has 116 valence electrons. The number of carboxylic acid groups (broad SMARTS) is 1. The minimum absolute atomic E-state index is 0.115. The quantitative estimate of drug-likeness (QED) is 0.636. The Morgan fingerprint density at radius 3 is 2.50 bits per heavy atom. The number of carbonyl (C=O) groups is 2. The van der Waals surface area contributed by atoms with E-state index in [2.05, 4.69) is 12.2 Å². The van der Waals surface area contributed by atoms with Crippen molar-refractivity contribution in [2.75, 3.05) is 19.8 Å². The molecule has 1 aliphatic rings. The lowest BCUT2D eigenvalue weighted by molar-refractivity contribution is -0.146. The molecular weight excluding hydrogens is 258 g/mol. The maximum Gasteiger partial charge on any atom is 0.307 e. The summed E-state index contributed by atoms with van der Waals surface area (Å²) in [5, 5.41) is 12.0. The van der Waals surface area contributed by atoms with Crippen molar-refractivity contribution < 1.29 is 19.4 Å². The first-order valence-corrected chi connectivity index (χ1v) is 7.64. The summed E-state index contributed by atoms with van der Waals surface area (Å²) in [5.74, 6) is -1.55. The third-order valence-corrected chi connectivity index (χ3v) is 3.86. The van der Waals surface area contributed by atoms with Crippen LogP contribution in [0.15, 0.2) is 0 Å². The fourth-order valence-electron chi connectivity index (χ4n) is 2.72. The maximum atomic E-state index is 12.0. The lowest BCUT2D eigenvalue weighted by Crippen LogP contribution is -2.36. The summed E-state index contributed by atoms with van der Waals surface area (Å²) < 4.78 is 5.41. The van der Waals surface area contributed by atoms with Crippen LogP contribution >= 0.6 is 0 Å². The van der Waals surface area contributed by atoms with E-state index in [-0.39, 0.29) is 11.8 Å². The van der Waals surface area contributed by atoms with Gasteiger partial charge in [-0.25, -0.2) is 0 Å². The van der Waals surface area contributed by atoms with Crippen LogP contribution in [-0.4, -0.2) is 36.7 Å². The molecule has 1 aliphatic carbocycles. The Morgan fingerprint density at radius 2 is 1.85 bits per heavy atom. The van der Waals surface area contributed by atoms with Gasteiger partial charge in [-0.1, -0.05) is 20.3 Å². The molecular formula is C15H27NO4. The lowest BCUT2D eigenvalue weighted by atomic mass is 9.95. The van der Waals surface area contributed by atoms with Gasteiger partial charge in [0.2, 0.25) is 5.91 Å². The number of carboxylic acids is 1. The number of amides is 1. The number of nitrogens with one attached hydrogen (secondary N) is 1. The standard InChI is InChI=1S/C15H27NO4/c1-3-4-7-20-8-5-6-16-14(17)12-9-11(2)10-13(12)15(18)19/h11-13H,3-10H2,1-2H3,(H,16,17)(H,18,19)/t11?,12-,13+/m0/s1. The molecule has 5 nitrogen and oxygen atoms in total. The zero-order valence-corrected chi connectivity index (χ0v) is 12.6. The molecule has 1 rings (SSSR count). The van der Waals surface area contributed by atoms with Gasteiger partial charge in [0.1, 0.15) is 0 Å². The number of unbranched alkanes of at least 4 members (excludes halogenated alkanes) is 1. The summed E-state index contributed by atoms with van der Waals surface area (Å²) in [4.78, 5) is 23.2. The molecule has 0 aliphatic heterocycles. The van der Waals surface area contributed by atoms with Gasteiger partial charge in [-0.3, -0.25) is 9.59 Å². The summed E-state index contributed by atoms with van der Waals surface area (Å²) in [6.07, 6.45) is 4.23. The summed E-state index contributed by atoms with van der Waals surface area (Å²) in [6.45, 7) is 6.09. The van der Waals surface area contributed by atoms with Gasteiger partial charge in [-0.2, -0.15) is 0 Å². The monoisotopic (exact) mass is 285 g/mol. The van der Waals surface area contributed by atoms with Gasteiger partial charge < -0.3 is 15.2 Å². The van der Waals surface area contributed by atoms with Crippen LogP contribution in [0.2, 0.25) is 0 Å². The van der Waals surface area contributed by atoms with Gasteiger partial charge in [0.25, 0.3) is 0 Å². The molecule has 3 atom stereocenters. The average Bonchev–Trinajstić information content (AvgIpc) is 2.80. The molecule has 1 fully saturated rings. The van der Waals surface area contributed by atoms with Crippen molar-refractivity contribution in [3.05, 3.63) is 0 Å². The fraction of sp³-hybridized carbons (Fsp3) is 0.867. The molecule has 0 aromatic rings. The third kappa shape index (κ3) is 5.49. The van der Waals surface area contributed by atoms with Crippen LogP contribution in [0.3, 0.4) is 0 Å². The molecule has 0 bridgehead atoms. The second kappa shape index (κ2) is 8.95. The minimum atomic E-state index is -0.850. The Morgan fingerprint density at radius 1 is 1.20 bits per heavy atom. The number of hydrogen-bond donors (Lipinski definition) is 2. The predicted molar refractivity (Wildman–Crippen MR) is 76.4 cm³/mol. The van der Waals surface area contributed by atoms with E-state index in [1.807, 2.05) is 6.92 Å². The number of rotatable bonds is 9. The van der Waals surface area contributed by atoms with Crippen molar-refractivity contribution in [2.45, 2.75) is 46.0 Å². The number of aliphatic carboxylic acids is 1. The largest absolute Gasteiger partial charge is 0.481 e. The second-order valence-electron chi connectivity index (χ2n) is 5.74. The fourth-order valence-corrected chi connectivity index (χ4v) is 2.72. The number of carbonyl (C=O) groups excluding carboxylic acids is 1. The molecule has 20 heavy (non-hydrogen) atoms. The topological polar surface area (TPSA) is 75.6 Å². The third-order valence-electron chi connectivity index (χ3n) is 3.86. The Hall–Kier alpha value is -1.10. The summed E-state index contributed by atoms with van der Waals surface area (Å²) in [7, 11) is 0. The van der Waals surface area contributed by atoms with Gasteiger partial charge in [0, 0.05) is 19.8 Å². The van der Waals surface area contributed by atoms with Crippen LogP contribution in [0.25, 0.3) is 0 Å². The van der Waals surface area contributed by atoms with Crippen LogP contribution in [0.4, 0.5) is 0 Å². The predicted octanol–water partition coefficient (Wildman–Crippen LogP) is 2.06. The SMILES string of the molecule is CCCCOCCCNC(=O)[C@H]1CC(C)C[C@H]1C(=O)O. The van der Waals surface area contributed by atoms with Crippen LogP contribution in [0.5, 0.6) is 0 Å². The first kappa shape index (κ1) is 17.0. The molecule has 1 unspecified atom stereocenters. The lowest BCUT2D eigenvalue weighted by Gasteiger charge is -2.15. The van der Waals surface area contributed by atoms with Gasteiger partial charge >= 0.3 is 5.97 Å². The highest BCUT2D eigenvalue weighted by Gasteiger charge is 2.40. The van der Waals surface area contributed by atoms with E-state index in [0.717, 1.165) is 25.9 Å². The van der Waals surface area contributed by atoms with Crippen LogP contribution < -0.4 is 5.32 Å². The molecule has 0 saturated heterocycles. The summed E-state index contributed by atoms with van der Waals surface area (Å²) >= 11 is 0. The first-order chi connectivity index (χ1) is 9.56. The maximum absolute atomic E-state index is 12.0. The summed E-state index contributed by atoms with van der Waals surface area (Å²) in [6, 6.07) is 0. The Kier molecular flexibility index (Phi) is 7.59. The Balaban J connectivity index is 2.20. The van der Waals surface area contributed by atoms with Gasteiger partial charge in [0.15, 0.2) is 0 Å². The highest BCUT2D eigenvalue weighted by molar-refractivity contribution is 5.85. The highest BCUT2D eigenvalue weighted by atomic mass is 16.5. The molecule has 0 heterocycles. The molecule has 1 amide bonds. The molecule has 0 aromatic heterocycles. The molecule has 0 spiro atoms.